The molecule has 0 unspecified atom stereocenters. The fraction of sp³-hybridized carbons (Fsp3) is 0. The molecule has 17 heavy (non-hydrogen) atoms. The molecule has 2 aromatic rings. The molecule has 0 aliphatic carbocycles. The Morgan fingerprint density at radius 3 is 2.00 bits per heavy atom. The van der Waals surface area contributed by atoms with Crippen molar-refractivity contribution >= 4 is 19.1 Å². The molecule has 2 aromatic carbocycles. The molecule has 4 heteroatoms. The van der Waals surface area contributed by atoms with Crippen LogP contribution in [0.15, 0.2) is 54.6 Å². The molecule has 0 aromatic heterocycles. The van der Waals surface area contributed by atoms with Gasteiger partial charge in [-0.2, -0.15) is 5.26 Å². The molecule has 0 fully saturated rings. The molecule has 0 atom stereocenters. The van der Waals surface area contributed by atoms with Crippen LogP contribution in [0.1, 0.15) is 5.56 Å². The summed E-state index contributed by atoms with van der Waals surface area (Å²) in [6.07, 6.45) is 0. The van der Waals surface area contributed by atoms with Gasteiger partial charge in [-0.15, -0.1) is 0 Å². The molecule has 0 aliphatic rings. The van der Waals surface area contributed by atoms with Crippen molar-refractivity contribution in [2.45, 2.75) is 0 Å². The van der Waals surface area contributed by atoms with Crippen molar-refractivity contribution in [3.63, 3.8) is 0 Å². The number of hydrogen-bond acceptors (Lipinski definition) is 1. The van der Waals surface area contributed by atoms with E-state index in [1.54, 1.807) is 0 Å². The molecule has 90 valence electrons. The molecular formula is C13H9Cl2NPd. The monoisotopic (exact) mass is 355 g/mol. The second-order valence-electron chi connectivity index (χ2n) is 3.07. The topological polar surface area (TPSA) is 23.8 Å². The first-order valence-electron chi connectivity index (χ1n) is 4.70. The van der Waals surface area contributed by atoms with E-state index in [0.717, 1.165) is 16.7 Å². The van der Waals surface area contributed by atoms with Crippen LogP contribution >= 0.6 is 19.1 Å². The SMILES string of the molecule is N#Cc1ccccc1-c1ccccc1.[Cl][Pd][Cl]. The molecule has 0 aliphatic heterocycles. The molecule has 0 saturated carbocycles. The van der Waals surface area contributed by atoms with E-state index >= 15 is 0 Å². The Bertz CT molecular complexity index is 494. The zero-order valence-electron chi connectivity index (χ0n) is 8.72. The fourth-order valence-electron chi connectivity index (χ4n) is 1.45. The van der Waals surface area contributed by atoms with Gasteiger partial charge in [-0.1, -0.05) is 48.5 Å². The normalized spacial score (nSPS) is 9.00. The van der Waals surface area contributed by atoms with Gasteiger partial charge in [0.2, 0.25) is 0 Å². The van der Waals surface area contributed by atoms with Crippen LogP contribution in [0.3, 0.4) is 0 Å². The molecule has 0 spiro atoms. The van der Waals surface area contributed by atoms with E-state index in [4.69, 9.17) is 24.3 Å². The van der Waals surface area contributed by atoms with E-state index in [1.165, 1.54) is 0 Å². The quantitative estimate of drug-likeness (QED) is 0.685. The van der Waals surface area contributed by atoms with Crippen LogP contribution in [-0.4, -0.2) is 0 Å². The first-order chi connectivity index (χ1) is 8.33. The summed E-state index contributed by atoms with van der Waals surface area (Å²) in [7, 11) is 9.63. The van der Waals surface area contributed by atoms with Crippen molar-refractivity contribution in [3.05, 3.63) is 60.2 Å². The van der Waals surface area contributed by atoms with E-state index in [-0.39, 0.29) is 15.9 Å². The summed E-state index contributed by atoms with van der Waals surface area (Å²) in [5.41, 5.74) is 2.80. The molecule has 0 N–H and O–H groups in total. The number of nitriles is 1. The summed E-state index contributed by atoms with van der Waals surface area (Å²) < 4.78 is 0. The van der Waals surface area contributed by atoms with Crippen molar-refractivity contribution in [1.82, 2.24) is 0 Å². The molecule has 0 saturated heterocycles. The van der Waals surface area contributed by atoms with Crippen LogP contribution < -0.4 is 0 Å². The second-order valence-corrected chi connectivity index (χ2v) is 5.43. The molecule has 0 amide bonds. The minimum atomic E-state index is -0.106. The van der Waals surface area contributed by atoms with E-state index in [2.05, 4.69) is 6.07 Å². The van der Waals surface area contributed by atoms with Crippen molar-refractivity contribution < 1.29 is 15.9 Å². The number of benzene rings is 2. The fourth-order valence-corrected chi connectivity index (χ4v) is 1.45. The third-order valence-electron chi connectivity index (χ3n) is 2.13. The maximum absolute atomic E-state index is 8.93. The van der Waals surface area contributed by atoms with Crippen LogP contribution in [0, 0.1) is 11.3 Å². The van der Waals surface area contributed by atoms with Crippen LogP contribution in [0.25, 0.3) is 11.1 Å². The first kappa shape index (κ1) is 14.2. The van der Waals surface area contributed by atoms with Gasteiger partial charge in [-0.25, -0.2) is 0 Å². The standard InChI is InChI=1S/C13H9N.2ClH.Pd/c14-10-12-8-4-5-9-13(12)11-6-2-1-3-7-11;;;/h1-9H;2*1H;/q;;;+2/p-2. The van der Waals surface area contributed by atoms with Crippen molar-refractivity contribution in [3.8, 4) is 17.2 Å². The first-order valence-corrected chi connectivity index (χ1v) is 8.70. The summed E-state index contributed by atoms with van der Waals surface area (Å²) in [5.74, 6) is 0. The average molecular weight is 357 g/mol. The van der Waals surface area contributed by atoms with E-state index in [1.807, 2.05) is 54.6 Å². The van der Waals surface area contributed by atoms with Crippen LogP contribution in [0.5, 0.6) is 0 Å². The Hall–Kier alpha value is -0.828. The Balaban J connectivity index is 0.000000437. The van der Waals surface area contributed by atoms with Gasteiger partial charge in [0.1, 0.15) is 0 Å². The summed E-state index contributed by atoms with van der Waals surface area (Å²) in [6, 6.07) is 19.8. The van der Waals surface area contributed by atoms with E-state index < -0.39 is 0 Å². The summed E-state index contributed by atoms with van der Waals surface area (Å²) in [4.78, 5) is 0. The third kappa shape index (κ3) is 4.51. The Labute approximate surface area is 117 Å². The summed E-state index contributed by atoms with van der Waals surface area (Å²) in [5, 5.41) is 8.93. The van der Waals surface area contributed by atoms with Crippen LogP contribution in [-0.2, 0) is 15.9 Å². The molecule has 0 bridgehead atoms. The number of halogens is 2. The van der Waals surface area contributed by atoms with Crippen LogP contribution in [0.2, 0.25) is 0 Å². The van der Waals surface area contributed by atoms with Gasteiger partial charge in [-0.05, 0) is 17.2 Å². The third-order valence-corrected chi connectivity index (χ3v) is 2.13. The molecule has 2 rings (SSSR count). The second kappa shape index (κ2) is 8.29. The maximum atomic E-state index is 8.93. The van der Waals surface area contributed by atoms with Gasteiger partial charge in [0.25, 0.3) is 0 Å². The Morgan fingerprint density at radius 2 is 1.41 bits per heavy atom. The van der Waals surface area contributed by atoms with E-state index in [0.29, 0.717) is 0 Å². The zero-order chi connectivity index (χ0) is 12.5. The molecule has 1 nitrogen and oxygen atoms in total. The number of hydrogen-bond donors (Lipinski definition) is 0. The van der Waals surface area contributed by atoms with Gasteiger partial charge >= 0.3 is 35.0 Å². The van der Waals surface area contributed by atoms with Gasteiger partial charge < -0.3 is 0 Å². The van der Waals surface area contributed by atoms with Crippen molar-refractivity contribution in [1.29, 1.82) is 5.26 Å². The Kier molecular flexibility index (Phi) is 6.94. The van der Waals surface area contributed by atoms with Gasteiger partial charge in [0, 0.05) is 0 Å². The molecular weight excluding hydrogens is 347 g/mol. The molecule has 0 heterocycles. The Morgan fingerprint density at radius 1 is 0.882 bits per heavy atom. The van der Waals surface area contributed by atoms with E-state index in [9.17, 15) is 0 Å². The van der Waals surface area contributed by atoms with Crippen LogP contribution in [0.4, 0.5) is 0 Å². The minimum absolute atomic E-state index is 0.106. The summed E-state index contributed by atoms with van der Waals surface area (Å²) in [6.45, 7) is 0. The number of rotatable bonds is 1. The number of nitrogens with zero attached hydrogens (tertiary/aromatic N) is 1. The zero-order valence-corrected chi connectivity index (χ0v) is 11.8. The molecule has 0 radical (unpaired) electrons. The predicted molar refractivity (Wildman–Crippen MR) is 68.3 cm³/mol. The predicted octanol–water partition coefficient (Wildman–Crippen LogP) is 4.60. The summed E-state index contributed by atoms with van der Waals surface area (Å²) >= 11 is -0.106. The van der Waals surface area contributed by atoms with Crippen molar-refractivity contribution in [2.24, 2.45) is 0 Å². The van der Waals surface area contributed by atoms with Gasteiger partial charge in [0.05, 0.1) is 11.6 Å². The average Bonchev–Trinajstić information content (AvgIpc) is 2.40. The van der Waals surface area contributed by atoms with Gasteiger partial charge in [-0.3, -0.25) is 0 Å². The van der Waals surface area contributed by atoms with Crippen molar-refractivity contribution in [2.75, 3.05) is 0 Å². The van der Waals surface area contributed by atoms with Gasteiger partial charge in [0.15, 0.2) is 0 Å².